The largest absolute Gasteiger partial charge is 0.480 e. The second-order valence-electron chi connectivity index (χ2n) is 16.9. The molecule has 356 valence electrons. The van der Waals surface area contributed by atoms with Gasteiger partial charge < -0.3 is 37.0 Å². The zero-order chi connectivity index (χ0) is 49.0. The molecule has 3 unspecified atom stereocenters. The number of carboxylic acids is 1. The Balaban J connectivity index is 1.21. The molecule has 6 amide bonds. The zero-order valence-electron chi connectivity index (χ0n) is 38.4. The standard InChI is InChI=1S/C55H58N6O8/c1-37(50(63)61-48(55(68)69)36-40-21-11-4-12-22-40)57-52(65)46(34-39-19-9-3-10-20-39)59-54(67)47(35-41-27-29-43(30-28-41)42-23-13-5-14-24-42)60-53(66)45(33-38-17-7-2-8-18-38)58-49(62)31-32-56-51(64)44-25-15-6-16-26-44/h2-19,21-30,37,39,45-48H,20,31-36H2,1H3,(H,56,64)(H,57,65)(H,58,62)(H,59,67)(H,60,66)(H,61,63)(H,68,69)/t37?,39?,45?,46-,47+,48+/m1/s1. The number of carboxylic acid groups (broad SMARTS) is 1. The van der Waals surface area contributed by atoms with Crippen molar-refractivity contribution in [1.82, 2.24) is 31.9 Å². The van der Waals surface area contributed by atoms with E-state index in [2.05, 4.69) is 31.9 Å². The maximum atomic E-state index is 14.7. The molecule has 5 aromatic carbocycles. The van der Waals surface area contributed by atoms with Crippen LogP contribution in [0.5, 0.6) is 0 Å². The van der Waals surface area contributed by atoms with Gasteiger partial charge in [0.1, 0.15) is 30.2 Å². The third-order valence-corrected chi connectivity index (χ3v) is 11.6. The van der Waals surface area contributed by atoms with Gasteiger partial charge in [-0.05, 0) is 65.6 Å². The maximum absolute atomic E-state index is 14.7. The Morgan fingerprint density at radius 3 is 1.57 bits per heavy atom. The topological polar surface area (TPSA) is 212 Å². The molecule has 69 heavy (non-hydrogen) atoms. The van der Waals surface area contributed by atoms with E-state index in [9.17, 15) is 38.7 Å². The Morgan fingerprint density at radius 1 is 0.522 bits per heavy atom. The molecule has 0 fully saturated rings. The molecule has 0 bridgehead atoms. The summed E-state index contributed by atoms with van der Waals surface area (Å²) in [4.78, 5) is 94.9. The van der Waals surface area contributed by atoms with Gasteiger partial charge in [0.05, 0.1) is 0 Å². The molecule has 0 heterocycles. The minimum absolute atomic E-state index is 0.00136. The van der Waals surface area contributed by atoms with Gasteiger partial charge in [-0.25, -0.2) is 4.79 Å². The molecular weight excluding hydrogens is 873 g/mol. The van der Waals surface area contributed by atoms with E-state index in [-0.39, 0.29) is 50.5 Å². The maximum Gasteiger partial charge on any atom is 0.326 e. The Labute approximate surface area is 402 Å². The van der Waals surface area contributed by atoms with Crippen LogP contribution in [0, 0.1) is 5.92 Å². The first-order valence-electron chi connectivity index (χ1n) is 23.0. The first kappa shape index (κ1) is 50.3. The van der Waals surface area contributed by atoms with Crippen molar-refractivity contribution in [2.75, 3.05) is 6.54 Å². The molecule has 14 heteroatoms. The van der Waals surface area contributed by atoms with E-state index in [4.69, 9.17) is 0 Å². The number of carbonyl (C=O) groups is 7. The van der Waals surface area contributed by atoms with Crippen LogP contribution in [0.3, 0.4) is 0 Å². The predicted octanol–water partition coefficient (Wildman–Crippen LogP) is 5.25. The van der Waals surface area contributed by atoms with E-state index in [0.717, 1.165) is 16.7 Å². The highest BCUT2D eigenvalue weighted by Gasteiger charge is 2.33. The summed E-state index contributed by atoms with van der Waals surface area (Å²) < 4.78 is 0. The number of hydrogen-bond acceptors (Lipinski definition) is 7. The third kappa shape index (κ3) is 16.0. The Morgan fingerprint density at radius 2 is 1.00 bits per heavy atom. The van der Waals surface area contributed by atoms with Crippen molar-refractivity contribution in [2.45, 2.75) is 75.7 Å². The fourth-order valence-corrected chi connectivity index (χ4v) is 7.83. The second-order valence-corrected chi connectivity index (χ2v) is 16.9. The summed E-state index contributed by atoms with van der Waals surface area (Å²) in [6, 6.07) is 37.7. The zero-order valence-corrected chi connectivity index (χ0v) is 38.4. The molecule has 0 saturated carbocycles. The van der Waals surface area contributed by atoms with Crippen molar-refractivity contribution in [3.05, 3.63) is 192 Å². The highest BCUT2D eigenvalue weighted by Crippen LogP contribution is 2.21. The summed E-state index contributed by atoms with van der Waals surface area (Å²) in [6.07, 6.45) is 8.28. The van der Waals surface area contributed by atoms with Crippen molar-refractivity contribution in [2.24, 2.45) is 5.92 Å². The van der Waals surface area contributed by atoms with Gasteiger partial charge >= 0.3 is 5.97 Å². The van der Waals surface area contributed by atoms with Gasteiger partial charge in [0.25, 0.3) is 5.91 Å². The first-order valence-corrected chi connectivity index (χ1v) is 23.0. The molecule has 0 spiro atoms. The average Bonchev–Trinajstić information content (AvgIpc) is 3.37. The quantitative estimate of drug-likeness (QED) is 0.0459. The van der Waals surface area contributed by atoms with Crippen LogP contribution in [0.2, 0.25) is 0 Å². The van der Waals surface area contributed by atoms with E-state index < -0.39 is 65.7 Å². The smallest absolute Gasteiger partial charge is 0.326 e. The van der Waals surface area contributed by atoms with Gasteiger partial charge in [0.15, 0.2) is 0 Å². The van der Waals surface area contributed by atoms with Crippen LogP contribution in [0.1, 0.15) is 53.2 Å². The molecule has 0 aliphatic heterocycles. The normalized spacial score (nSPS) is 14.9. The van der Waals surface area contributed by atoms with Crippen molar-refractivity contribution in [3.8, 4) is 11.1 Å². The molecule has 5 aromatic rings. The molecule has 7 N–H and O–H groups in total. The van der Waals surface area contributed by atoms with E-state index in [1.54, 1.807) is 60.7 Å². The number of nitrogens with one attached hydrogen (secondary N) is 6. The van der Waals surface area contributed by atoms with E-state index in [1.165, 1.54) is 6.92 Å². The number of aliphatic carboxylic acids is 1. The fraction of sp³-hybridized carbons (Fsp3) is 0.255. The molecule has 0 radical (unpaired) electrons. The van der Waals surface area contributed by atoms with Crippen LogP contribution in [-0.4, -0.2) is 83.3 Å². The monoisotopic (exact) mass is 930 g/mol. The molecule has 0 aromatic heterocycles. The number of carbonyl (C=O) groups excluding carboxylic acids is 6. The molecule has 14 nitrogen and oxygen atoms in total. The van der Waals surface area contributed by atoms with Crippen LogP contribution >= 0.6 is 0 Å². The predicted molar refractivity (Wildman–Crippen MR) is 263 cm³/mol. The lowest BCUT2D eigenvalue weighted by Crippen LogP contribution is -2.59. The molecule has 1 aliphatic rings. The summed E-state index contributed by atoms with van der Waals surface area (Å²) in [5, 5.41) is 26.4. The van der Waals surface area contributed by atoms with Crippen LogP contribution in [0.15, 0.2) is 170 Å². The number of amides is 6. The summed E-state index contributed by atoms with van der Waals surface area (Å²) in [7, 11) is 0. The van der Waals surface area contributed by atoms with Crippen LogP contribution in [0.4, 0.5) is 0 Å². The van der Waals surface area contributed by atoms with Gasteiger partial charge in [-0.3, -0.25) is 28.8 Å². The van der Waals surface area contributed by atoms with Crippen LogP contribution < -0.4 is 31.9 Å². The average molecular weight is 931 g/mol. The van der Waals surface area contributed by atoms with Gasteiger partial charge in [0.2, 0.25) is 29.5 Å². The van der Waals surface area contributed by atoms with Gasteiger partial charge in [-0.15, -0.1) is 0 Å². The molecule has 6 atom stereocenters. The van der Waals surface area contributed by atoms with Gasteiger partial charge in [0, 0.05) is 37.8 Å². The van der Waals surface area contributed by atoms with Gasteiger partial charge in [-0.1, -0.05) is 158 Å². The van der Waals surface area contributed by atoms with Crippen molar-refractivity contribution >= 4 is 41.4 Å². The SMILES string of the molecule is CC(NC(=O)[C@@H](CC1C=CC=CC1)NC(=O)[C@H](Cc1ccc(-c2ccccc2)cc1)NC(=O)C(Cc1ccccc1)NC(=O)CCNC(=O)c1ccccc1)C(=O)N[C@@H](Cc1ccccc1)C(=O)O. The summed E-state index contributed by atoms with van der Waals surface area (Å²) in [6.45, 7) is 1.43. The number of allylic oxidation sites excluding steroid dienone is 4. The van der Waals surface area contributed by atoms with Crippen LogP contribution in [-0.2, 0) is 48.0 Å². The number of rotatable bonds is 23. The highest BCUT2D eigenvalue weighted by atomic mass is 16.4. The molecule has 0 saturated heterocycles. The summed E-state index contributed by atoms with van der Waals surface area (Å²) >= 11 is 0. The number of benzene rings is 5. The summed E-state index contributed by atoms with van der Waals surface area (Å²) in [5.74, 6) is -5.02. The minimum Gasteiger partial charge on any atom is -0.480 e. The van der Waals surface area contributed by atoms with Crippen molar-refractivity contribution in [1.29, 1.82) is 0 Å². The Hall–Kier alpha value is -8.13. The lowest BCUT2D eigenvalue weighted by atomic mass is 9.92. The molecule has 6 rings (SSSR count). The van der Waals surface area contributed by atoms with E-state index >= 15 is 0 Å². The number of hydrogen-bond donors (Lipinski definition) is 7. The van der Waals surface area contributed by atoms with Crippen molar-refractivity contribution < 1.29 is 38.7 Å². The van der Waals surface area contributed by atoms with E-state index in [0.29, 0.717) is 23.1 Å². The fourth-order valence-electron chi connectivity index (χ4n) is 7.83. The second kappa shape index (κ2) is 25.7. The van der Waals surface area contributed by atoms with Crippen molar-refractivity contribution in [3.63, 3.8) is 0 Å². The van der Waals surface area contributed by atoms with Gasteiger partial charge in [-0.2, -0.15) is 0 Å². The third-order valence-electron chi connectivity index (χ3n) is 11.6. The van der Waals surface area contributed by atoms with Crippen LogP contribution in [0.25, 0.3) is 11.1 Å². The Kier molecular flexibility index (Phi) is 18.7. The molecular formula is C55H58N6O8. The van der Waals surface area contributed by atoms with E-state index in [1.807, 2.05) is 109 Å². The summed E-state index contributed by atoms with van der Waals surface area (Å²) in [5.41, 5.74) is 4.51. The first-order chi connectivity index (χ1) is 33.4. The lowest BCUT2D eigenvalue weighted by molar-refractivity contribution is -0.142. The highest BCUT2D eigenvalue weighted by molar-refractivity contribution is 5.97. The molecule has 1 aliphatic carbocycles. The Bertz CT molecular complexity index is 2570. The lowest BCUT2D eigenvalue weighted by Gasteiger charge is -2.28. The minimum atomic E-state index is -1.27.